The summed E-state index contributed by atoms with van der Waals surface area (Å²) in [4.78, 5) is 39.6. The lowest BCUT2D eigenvalue weighted by atomic mass is 9.84. The van der Waals surface area contributed by atoms with Crippen LogP contribution in [0.5, 0.6) is 0 Å². The molecule has 3 aliphatic rings. The number of amides is 2. The third kappa shape index (κ3) is 4.72. The lowest BCUT2D eigenvalue weighted by Gasteiger charge is -2.32. The summed E-state index contributed by atoms with van der Waals surface area (Å²) in [6.45, 7) is 10.2. The number of carbonyl (C=O) groups is 2. The van der Waals surface area contributed by atoms with E-state index in [1.165, 1.54) is 0 Å². The predicted molar refractivity (Wildman–Crippen MR) is 136 cm³/mol. The fraction of sp³-hybridized carbons (Fsp3) is 0.586. The Kier molecular flexibility index (Phi) is 6.65. The molecule has 4 heterocycles. The molecule has 5 rings (SSSR count). The molecule has 2 aromatic heterocycles. The summed E-state index contributed by atoms with van der Waals surface area (Å²) in [6.07, 6.45) is 5.34. The molecule has 6 nitrogen and oxygen atoms in total. The number of aromatic nitrogens is 2. The number of likely N-dealkylation sites (tertiary alicyclic amines) is 2. The first-order valence-electron chi connectivity index (χ1n) is 13.4. The van der Waals surface area contributed by atoms with Gasteiger partial charge in [0.15, 0.2) is 0 Å². The largest absolute Gasteiger partial charge is 0.335 e. The molecular formula is C29H38N4O2. The van der Waals surface area contributed by atoms with Crippen molar-refractivity contribution in [3.05, 3.63) is 59.2 Å². The van der Waals surface area contributed by atoms with Crippen molar-refractivity contribution in [2.75, 3.05) is 13.1 Å². The van der Waals surface area contributed by atoms with E-state index in [0.29, 0.717) is 41.2 Å². The molecule has 0 N–H and O–H groups in total. The van der Waals surface area contributed by atoms with Crippen molar-refractivity contribution in [3.8, 4) is 0 Å². The molecule has 2 aromatic rings. The van der Waals surface area contributed by atoms with Crippen molar-refractivity contribution in [1.82, 2.24) is 19.8 Å². The monoisotopic (exact) mass is 474 g/mol. The molecule has 35 heavy (non-hydrogen) atoms. The summed E-state index contributed by atoms with van der Waals surface area (Å²) in [5.41, 5.74) is 3.13. The maximum Gasteiger partial charge on any atom is 0.272 e. The van der Waals surface area contributed by atoms with E-state index in [0.717, 1.165) is 56.6 Å². The van der Waals surface area contributed by atoms with Gasteiger partial charge in [-0.15, -0.1) is 0 Å². The van der Waals surface area contributed by atoms with Crippen molar-refractivity contribution in [1.29, 1.82) is 0 Å². The van der Waals surface area contributed by atoms with Crippen LogP contribution in [-0.4, -0.2) is 56.8 Å². The van der Waals surface area contributed by atoms with Crippen molar-refractivity contribution in [2.45, 2.75) is 83.7 Å². The summed E-state index contributed by atoms with van der Waals surface area (Å²) >= 11 is 0. The van der Waals surface area contributed by atoms with Gasteiger partial charge in [0.1, 0.15) is 11.4 Å². The Balaban J connectivity index is 1.21. The first-order chi connectivity index (χ1) is 16.8. The summed E-state index contributed by atoms with van der Waals surface area (Å²) in [5, 5.41) is 0. The zero-order valence-electron chi connectivity index (χ0n) is 21.5. The van der Waals surface area contributed by atoms with Crippen LogP contribution in [0.3, 0.4) is 0 Å². The van der Waals surface area contributed by atoms with Crippen LogP contribution in [0.1, 0.15) is 104 Å². The minimum atomic E-state index is 0.0632. The Bertz CT molecular complexity index is 1100. The fourth-order valence-electron chi connectivity index (χ4n) is 6.44. The number of pyridine rings is 2. The van der Waals surface area contributed by atoms with Gasteiger partial charge in [-0.25, -0.2) is 9.97 Å². The summed E-state index contributed by atoms with van der Waals surface area (Å²) in [7, 11) is 0. The summed E-state index contributed by atoms with van der Waals surface area (Å²) < 4.78 is 0. The highest BCUT2D eigenvalue weighted by Gasteiger charge is 2.47. The van der Waals surface area contributed by atoms with Crippen molar-refractivity contribution >= 4 is 11.8 Å². The van der Waals surface area contributed by atoms with Crippen LogP contribution in [0.15, 0.2) is 36.4 Å². The highest BCUT2D eigenvalue weighted by molar-refractivity contribution is 5.93. The van der Waals surface area contributed by atoms with Crippen LogP contribution in [0, 0.1) is 11.8 Å². The van der Waals surface area contributed by atoms with Gasteiger partial charge in [0.05, 0.1) is 0 Å². The first kappa shape index (κ1) is 24.0. The number of hydrogen-bond donors (Lipinski definition) is 0. The van der Waals surface area contributed by atoms with E-state index in [1.807, 2.05) is 35.2 Å². The quantitative estimate of drug-likeness (QED) is 0.572. The molecule has 2 bridgehead atoms. The smallest absolute Gasteiger partial charge is 0.272 e. The van der Waals surface area contributed by atoms with Crippen LogP contribution >= 0.6 is 0 Å². The van der Waals surface area contributed by atoms with Crippen LogP contribution in [0.4, 0.5) is 0 Å². The van der Waals surface area contributed by atoms with E-state index in [4.69, 9.17) is 4.98 Å². The van der Waals surface area contributed by atoms with Crippen LogP contribution in [0.25, 0.3) is 0 Å². The molecular weight excluding hydrogens is 436 g/mol. The second-order valence-electron chi connectivity index (χ2n) is 11.3. The third-order valence-electron chi connectivity index (χ3n) is 8.50. The Morgan fingerprint density at radius 1 is 0.943 bits per heavy atom. The molecule has 2 amide bonds. The average molecular weight is 475 g/mol. The second-order valence-corrected chi connectivity index (χ2v) is 11.3. The van der Waals surface area contributed by atoms with E-state index >= 15 is 0 Å². The Labute approximate surface area is 209 Å². The summed E-state index contributed by atoms with van der Waals surface area (Å²) in [6, 6.07) is 12.3. The molecule has 1 saturated carbocycles. The fourth-order valence-corrected chi connectivity index (χ4v) is 6.44. The van der Waals surface area contributed by atoms with Crippen LogP contribution in [0.2, 0.25) is 0 Å². The first-order valence-corrected chi connectivity index (χ1v) is 13.4. The number of hydrogen-bond acceptors (Lipinski definition) is 4. The molecule has 2 saturated heterocycles. The van der Waals surface area contributed by atoms with Gasteiger partial charge < -0.3 is 9.80 Å². The molecule has 6 heteroatoms. The zero-order chi connectivity index (χ0) is 24.7. The maximum absolute atomic E-state index is 13.2. The Morgan fingerprint density at radius 2 is 1.60 bits per heavy atom. The second kappa shape index (κ2) is 9.71. The third-order valence-corrected chi connectivity index (χ3v) is 8.50. The number of piperidine rings is 1. The van der Waals surface area contributed by atoms with Gasteiger partial charge in [-0.3, -0.25) is 9.59 Å². The van der Waals surface area contributed by atoms with Crippen molar-refractivity contribution in [3.63, 3.8) is 0 Å². The summed E-state index contributed by atoms with van der Waals surface area (Å²) in [5.74, 6) is 1.87. The molecule has 0 spiro atoms. The van der Waals surface area contributed by atoms with Gasteiger partial charge in [0.2, 0.25) is 0 Å². The predicted octanol–water partition coefficient (Wildman–Crippen LogP) is 5.27. The minimum absolute atomic E-state index is 0.0632. The molecule has 2 aliphatic heterocycles. The van der Waals surface area contributed by atoms with Gasteiger partial charge in [-0.2, -0.15) is 0 Å². The van der Waals surface area contributed by atoms with E-state index in [-0.39, 0.29) is 17.7 Å². The standard InChI is InChI=1S/C29H38N4O2/c1-18(2)24-9-5-11-27(30-24)29(35)33-17-22-16-23(33)15-21(22)14-19(3)25-10-6-12-26(31-25)28(34)32-13-7-8-20(32)4/h5-6,9-12,18-23H,7-8,13-17H2,1-4H3. The van der Waals surface area contributed by atoms with E-state index in [9.17, 15) is 9.59 Å². The lowest BCUT2D eigenvalue weighted by molar-refractivity contribution is 0.0658. The normalized spacial score (nSPS) is 26.5. The van der Waals surface area contributed by atoms with Gasteiger partial charge in [0.25, 0.3) is 11.8 Å². The van der Waals surface area contributed by atoms with Crippen LogP contribution < -0.4 is 0 Å². The Morgan fingerprint density at radius 3 is 2.20 bits per heavy atom. The van der Waals surface area contributed by atoms with Crippen molar-refractivity contribution < 1.29 is 9.59 Å². The van der Waals surface area contributed by atoms with Gasteiger partial charge in [-0.1, -0.05) is 32.9 Å². The van der Waals surface area contributed by atoms with Gasteiger partial charge in [-0.05, 0) is 87.0 Å². The van der Waals surface area contributed by atoms with Gasteiger partial charge in [0, 0.05) is 36.6 Å². The lowest BCUT2D eigenvalue weighted by Crippen LogP contribution is -2.40. The molecule has 0 aromatic carbocycles. The number of fused-ring (bicyclic) bond motifs is 2. The maximum atomic E-state index is 13.2. The number of rotatable bonds is 6. The van der Waals surface area contributed by atoms with E-state index in [2.05, 4.69) is 43.6 Å². The highest BCUT2D eigenvalue weighted by atomic mass is 16.2. The zero-order valence-corrected chi connectivity index (χ0v) is 21.5. The molecule has 1 aliphatic carbocycles. The molecule has 5 unspecified atom stereocenters. The Hall–Kier alpha value is -2.76. The molecule has 0 radical (unpaired) electrons. The topological polar surface area (TPSA) is 66.4 Å². The van der Waals surface area contributed by atoms with Crippen LogP contribution in [-0.2, 0) is 0 Å². The number of carbonyl (C=O) groups excluding carboxylic acids is 2. The minimum Gasteiger partial charge on any atom is -0.335 e. The van der Waals surface area contributed by atoms with Gasteiger partial charge >= 0.3 is 0 Å². The van der Waals surface area contributed by atoms with E-state index in [1.54, 1.807) is 0 Å². The molecule has 5 atom stereocenters. The highest BCUT2D eigenvalue weighted by Crippen LogP contribution is 2.46. The SMILES string of the molecule is CC(C)c1cccc(C(=O)N2CC3CC2CC3CC(C)c2cccc(C(=O)N3CCCC3C)n2)n1. The number of nitrogens with zero attached hydrogens (tertiary/aromatic N) is 4. The average Bonchev–Trinajstić information content (AvgIpc) is 3.59. The van der Waals surface area contributed by atoms with E-state index < -0.39 is 0 Å². The van der Waals surface area contributed by atoms with Crippen molar-refractivity contribution in [2.24, 2.45) is 11.8 Å². The molecule has 186 valence electrons. The molecule has 3 fully saturated rings.